The van der Waals surface area contributed by atoms with Crippen LogP contribution in [0, 0.1) is 0 Å². The second-order valence-corrected chi connectivity index (χ2v) is 8.10. The summed E-state index contributed by atoms with van der Waals surface area (Å²) in [5.74, 6) is -1.50. The first-order valence-electron chi connectivity index (χ1n) is 11.4. The van der Waals surface area contributed by atoms with Gasteiger partial charge in [-0.25, -0.2) is 14.3 Å². The van der Waals surface area contributed by atoms with E-state index in [0.717, 1.165) is 5.69 Å². The van der Waals surface area contributed by atoms with Crippen LogP contribution in [0.15, 0.2) is 107 Å². The van der Waals surface area contributed by atoms with Gasteiger partial charge < -0.3 is 19.2 Å². The summed E-state index contributed by atoms with van der Waals surface area (Å²) in [6.45, 7) is 10.8. The van der Waals surface area contributed by atoms with Crippen molar-refractivity contribution in [3.8, 4) is 17.1 Å². The Morgan fingerprint density at radius 3 is 2.14 bits per heavy atom. The second kappa shape index (κ2) is 10.8. The van der Waals surface area contributed by atoms with Crippen LogP contribution >= 0.6 is 0 Å². The van der Waals surface area contributed by atoms with Gasteiger partial charge >= 0.3 is 11.9 Å². The van der Waals surface area contributed by atoms with Crippen LogP contribution in [0.1, 0.15) is 25.3 Å². The molecule has 0 bridgehead atoms. The van der Waals surface area contributed by atoms with Crippen molar-refractivity contribution >= 4 is 11.9 Å². The van der Waals surface area contributed by atoms with Gasteiger partial charge in [0.25, 0.3) is 0 Å². The van der Waals surface area contributed by atoms with E-state index in [1.807, 2.05) is 30.3 Å². The van der Waals surface area contributed by atoms with E-state index in [1.165, 1.54) is 12.2 Å². The molecule has 0 aliphatic carbocycles. The highest BCUT2D eigenvalue weighted by Gasteiger charge is 2.40. The molecule has 1 aliphatic heterocycles. The number of carbonyl (C=O) groups excluding carboxylic acids is 2. The predicted molar refractivity (Wildman–Crippen MR) is 135 cm³/mol. The summed E-state index contributed by atoms with van der Waals surface area (Å²) in [5, 5.41) is 7.92. The van der Waals surface area contributed by atoms with Gasteiger partial charge in [0.1, 0.15) is 18.9 Å². The number of hydrogen-bond acceptors (Lipinski definition) is 7. The number of rotatable bonds is 9. The molecule has 0 atom stereocenters. The average Bonchev–Trinajstić information content (AvgIpc) is 3.56. The Balaban J connectivity index is 1.95. The molecule has 1 aliphatic rings. The van der Waals surface area contributed by atoms with E-state index >= 15 is 0 Å². The normalized spacial score (nSPS) is 13.8. The van der Waals surface area contributed by atoms with Crippen molar-refractivity contribution in [1.29, 1.82) is 0 Å². The number of allylic oxidation sites excluding steroid dienone is 2. The van der Waals surface area contributed by atoms with E-state index in [9.17, 15) is 9.59 Å². The number of aromatic nitrogens is 2. The number of benzene rings is 1. The molecule has 0 spiro atoms. The van der Waals surface area contributed by atoms with Crippen molar-refractivity contribution in [2.45, 2.75) is 19.8 Å². The van der Waals surface area contributed by atoms with Gasteiger partial charge in [0, 0.05) is 23.2 Å². The number of hydrogen-bond donors (Lipinski definition) is 1. The molecule has 36 heavy (non-hydrogen) atoms. The largest absolute Gasteiger partial charge is 0.463 e. The highest BCUT2D eigenvalue weighted by atomic mass is 16.5. The zero-order valence-electron chi connectivity index (χ0n) is 20.2. The first kappa shape index (κ1) is 24.5. The third-order valence-corrected chi connectivity index (χ3v) is 5.69. The van der Waals surface area contributed by atoms with Gasteiger partial charge in [-0.2, -0.15) is 5.10 Å². The van der Waals surface area contributed by atoms with E-state index in [2.05, 4.69) is 18.5 Å². The van der Waals surface area contributed by atoms with E-state index < -0.39 is 17.9 Å². The van der Waals surface area contributed by atoms with Gasteiger partial charge in [0.05, 0.1) is 29.0 Å². The van der Waals surface area contributed by atoms with Crippen LogP contribution in [0.5, 0.6) is 0 Å². The maximum Gasteiger partial charge on any atom is 0.337 e. The number of furan rings is 1. The van der Waals surface area contributed by atoms with E-state index in [4.69, 9.17) is 19.0 Å². The fourth-order valence-corrected chi connectivity index (χ4v) is 4.19. The lowest BCUT2D eigenvalue weighted by molar-refractivity contribution is -0.138. The lowest BCUT2D eigenvalue weighted by atomic mass is 9.80. The quantitative estimate of drug-likeness (QED) is 0.343. The predicted octanol–water partition coefficient (Wildman–Crippen LogP) is 4.83. The van der Waals surface area contributed by atoms with Crippen molar-refractivity contribution < 1.29 is 23.5 Å². The van der Waals surface area contributed by atoms with Crippen molar-refractivity contribution in [2.24, 2.45) is 0 Å². The number of dihydropyridines is 1. The molecule has 1 N–H and O–H groups in total. The van der Waals surface area contributed by atoms with E-state index in [-0.39, 0.29) is 24.4 Å². The van der Waals surface area contributed by atoms with Gasteiger partial charge in [-0.3, -0.25) is 0 Å². The molecule has 184 valence electrons. The number of nitrogens with zero attached hydrogens (tertiary/aromatic N) is 2. The van der Waals surface area contributed by atoms with Crippen LogP contribution in [0.2, 0.25) is 0 Å². The number of carbonyl (C=O) groups is 2. The van der Waals surface area contributed by atoms with Gasteiger partial charge in [-0.15, -0.1) is 0 Å². The Bertz CT molecular complexity index is 1300. The first-order chi connectivity index (χ1) is 17.5. The molecule has 1 aromatic carbocycles. The fourth-order valence-electron chi connectivity index (χ4n) is 4.19. The Morgan fingerprint density at radius 2 is 1.61 bits per heavy atom. The smallest absolute Gasteiger partial charge is 0.337 e. The van der Waals surface area contributed by atoms with E-state index in [1.54, 1.807) is 43.1 Å². The molecule has 0 saturated carbocycles. The van der Waals surface area contributed by atoms with E-state index in [0.29, 0.717) is 28.4 Å². The topological polar surface area (TPSA) is 95.6 Å². The van der Waals surface area contributed by atoms with Crippen LogP contribution in [-0.2, 0) is 19.1 Å². The summed E-state index contributed by atoms with van der Waals surface area (Å²) in [6, 6.07) is 13.1. The summed E-state index contributed by atoms with van der Waals surface area (Å²) in [6.07, 6.45) is 6.32. The minimum atomic E-state index is -0.835. The number of esters is 2. The Kier molecular flexibility index (Phi) is 7.34. The summed E-state index contributed by atoms with van der Waals surface area (Å²) >= 11 is 0. The molecule has 8 nitrogen and oxygen atoms in total. The van der Waals surface area contributed by atoms with Gasteiger partial charge in [0.15, 0.2) is 5.76 Å². The SMILES string of the molecule is C=CCOC(=O)C1=C(C)NC(C)=C(C(=O)OCC=C)C1c1cn(-c2ccccc2)nc1-c1ccco1. The second-order valence-electron chi connectivity index (χ2n) is 8.10. The third kappa shape index (κ3) is 4.79. The number of para-hydroxylation sites is 1. The minimum Gasteiger partial charge on any atom is -0.463 e. The van der Waals surface area contributed by atoms with Crippen molar-refractivity contribution in [3.63, 3.8) is 0 Å². The summed E-state index contributed by atoms with van der Waals surface area (Å²) in [7, 11) is 0. The standard InChI is InChI=1S/C28H27N3O5/c1-5-14-35-27(32)23-18(3)29-19(4)24(28(33)36-15-6-2)25(23)21-17-31(20-11-8-7-9-12-20)30-26(21)22-13-10-16-34-22/h5-13,16-17,25,29H,1-2,14-15H2,3-4H3. The zero-order chi connectivity index (χ0) is 25.7. The van der Waals surface area contributed by atoms with Crippen molar-refractivity contribution in [2.75, 3.05) is 13.2 Å². The summed E-state index contributed by atoms with van der Waals surface area (Å²) in [5.41, 5.74) is 3.54. The lowest BCUT2D eigenvalue weighted by Gasteiger charge is -2.30. The van der Waals surface area contributed by atoms with Crippen LogP contribution in [0.4, 0.5) is 0 Å². The van der Waals surface area contributed by atoms with Crippen LogP contribution in [0.3, 0.4) is 0 Å². The van der Waals surface area contributed by atoms with Crippen molar-refractivity contribution in [3.05, 3.63) is 108 Å². The number of ether oxygens (including phenoxy) is 2. The molecular formula is C28H27N3O5. The van der Waals surface area contributed by atoms with Gasteiger partial charge in [0.2, 0.25) is 0 Å². The van der Waals surface area contributed by atoms with Gasteiger partial charge in [-0.05, 0) is 38.1 Å². The Hall–Kier alpha value is -4.59. The van der Waals surface area contributed by atoms with Crippen LogP contribution < -0.4 is 5.32 Å². The monoisotopic (exact) mass is 485 g/mol. The third-order valence-electron chi connectivity index (χ3n) is 5.69. The molecule has 2 aromatic heterocycles. The molecule has 0 radical (unpaired) electrons. The molecular weight excluding hydrogens is 458 g/mol. The first-order valence-corrected chi connectivity index (χ1v) is 11.4. The fraction of sp³-hybridized carbons (Fsp3) is 0.179. The molecule has 0 saturated heterocycles. The highest BCUT2D eigenvalue weighted by Crippen LogP contribution is 2.43. The number of nitrogens with one attached hydrogen (secondary N) is 1. The van der Waals surface area contributed by atoms with Crippen molar-refractivity contribution in [1.82, 2.24) is 15.1 Å². The zero-order valence-corrected chi connectivity index (χ0v) is 20.2. The van der Waals surface area contributed by atoms with Gasteiger partial charge in [-0.1, -0.05) is 43.5 Å². The molecule has 3 aromatic rings. The molecule has 3 heterocycles. The summed E-state index contributed by atoms with van der Waals surface area (Å²) in [4.78, 5) is 26.6. The highest BCUT2D eigenvalue weighted by molar-refractivity contribution is 6.00. The molecule has 4 rings (SSSR count). The Morgan fingerprint density at radius 1 is 1.00 bits per heavy atom. The maximum atomic E-state index is 13.3. The van der Waals surface area contributed by atoms with Crippen LogP contribution in [0.25, 0.3) is 17.1 Å². The lowest BCUT2D eigenvalue weighted by Crippen LogP contribution is -2.32. The molecule has 0 amide bonds. The molecule has 0 unspecified atom stereocenters. The minimum absolute atomic E-state index is 0.0234. The summed E-state index contributed by atoms with van der Waals surface area (Å²) < 4.78 is 18.2. The molecule has 0 fully saturated rings. The van der Waals surface area contributed by atoms with Crippen LogP contribution in [-0.4, -0.2) is 34.9 Å². The average molecular weight is 486 g/mol. The molecule has 8 heteroatoms. The maximum absolute atomic E-state index is 13.3. The Labute approximate surface area is 209 Å².